The Morgan fingerprint density at radius 1 is 1.04 bits per heavy atom. The van der Waals surface area contributed by atoms with Gasteiger partial charge in [-0.3, -0.25) is 14.6 Å². The molecule has 2 rings (SSSR count). The quantitative estimate of drug-likeness (QED) is 0.721. The number of nitrogens with zero attached hydrogens (tertiary/aromatic N) is 2. The minimum absolute atomic E-state index is 0.0539. The molecule has 2 aromatic rings. The smallest absolute Gasteiger partial charge is 0.274 e. The van der Waals surface area contributed by atoms with Gasteiger partial charge in [0.2, 0.25) is 0 Å². The fourth-order valence-electron chi connectivity index (χ4n) is 2.64. The summed E-state index contributed by atoms with van der Waals surface area (Å²) in [6, 6.07) is 10.9. The number of carbonyl (C=O) groups is 2. The monoisotopic (exact) mass is 382 g/mol. The van der Waals surface area contributed by atoms with E-state index in [1.807, 2.05) is 38.4 Å². The number of hydrogen-bond donors (Lipinski definition) is 2. The molecule has 6 heteroatoms. The van der Waals surface area contributed by atoms with Crippen LogP contribution in [0.3, 0.4) is 0 Å². The summed E-state index contributed by atoms with van der Waals surface area (Å²) < 4.78 is 0. The number of hydrogen-bond acceptors (Lipinski definition) is 4. The van der Waals surface area contributed by atoms with Crippen LogP contribution in [0.15, 0.2) is 42.6 Å². The molecule has 2 amide bonds. The average Bonchev–Trinajstić information content (AvgIpc) is 2.64. The van der Waals surface area contributed by atoms with E-state index in [0.29, 0.717) is 17.8 Å². The normalized spacial score (nSPS) is 11.4. The van der Waals surface area contributed by atoms with E-state index in [4.69, 9.17) is 0 Å². The summed E-state index contributed by atoms with van der Waals surface area (Å²) in [5, 5.41) is 5.69. The van der Waals surface area contributed by atoms with Crippen LogP contribution in [0.4, 0.5) is 5.69 Å². The first-order valence-corrected chi connectivity index (χ1v) is 9.47. The van der Waals surface area contributed by atoms with Gasteiger partial charge in [-0.15, -0.1) is 0 Å². The first-order chi connectivity index (χ1) is 13.2. The number of pyridine rings is 1. The van der Waals surface area contributed by atoms with Crippen molar-refractivity contribution < 1.29 is 9.59 Å². The zero-order valence-electron chi connectivity index (χ0n) is 17.4. The number of anilines is 1. The van der Waals surface area contributed by atoms with E-state index in [-0.39, 0.29) is 22.9 Å². The third kappa shape index (κ3) is 6.46. The van der Waals surface area contributed by atoms with E-state index < -0.39 is 0 Å². The van der Waals surface area contributed by atoms with E-state index in [2.05, 4.69) is 41.3 Å². The molecular weight excluding hydrogens is 352 g/mol. The lowest BCUT2D eigenvalue weighted by Gasteiger charge is -2.19. The fourth-order valence-corrected chi connectivity index (χ4v) is 2.64. The molecule has 1 heterocycles. The molecule has 0 spiro atoms. The maximum Gasteiger partial charge on any atom is 0.274 e. The Balaban J connectivity index is 1.98. The van der Waals surface area contributed by atoms with Crippen molar-refractivity contribution in [3.05, 3.63) is 59.4 Å². The zero-order chi connectivity index (χ0) is 20.7. The molecule has 1 aromatic heterocycles. The molecule has 150 valence electrons. The number of carbonyl (C=O) groups excluding carboxylic acids is 2. The van der Waals surface area contributed by atoms with E-state index in [0.717, 1.165) is 13.0 Å². The molecule has 0 bridgehead atoms. The Labute approximate surface area is 167 Å². The lowest BCUT2D eigenvalue weighted by atomic mass is 9.87. The predicted octanol–water partition coefficient (Wildman–Crippen LogP) is 3.31. The Morgan fingerprint density at radius 2 is 1.71 bits per heavy atom. The van der Waals surface area contributed by atoms with Crippen molar-refractivity contribution in [3.8, 4) is 0 Å². The summed E-state index contributed by atoms with van der Waals surface area (Å²) >= 11 is 0. The van der Waals surface area contributed by atoms with Crippen molar-refractivity contribution in [2.75, 3.05) is 32.5 Å². The van der Waals surface area contributed by atoms with Gasteiger partial charge in [0.05, 0.1) is 0 Å². The van der Waals surface area contributed by atoms with Crippen molar-refractivity contribution in [2.45, 2.75) is 32.6 Å². The summed E-state index contributed by atoms with van der Waals surface area (Å²) in [5.74, 6) is -0.546. The minimum Gasteiger partial charge on any atom is -0.352 e. The van der Waals surface area contributed by atoms with Gasteiger partial charge >= 0.3 is 0 Å². The van der Waals surface area contributed by atoms with Crippen LogP contribution >= 0.6 is 0 Å². The maximum atomic E-state index is 12.5. The highest BCUT2D eigenvalue weighted by atomic mass is 16.2. The second kappa shape index (κ2) is 9.46. The van der Waals surface area contributed by atoms with Crippen molar-refractivity contribution in [3.63, 3.8) is 0 Å². The second-order valence-electron chi connectivity index (χ2n) is 8.12. The first kappa shape index (κ1) is 21.6. The Kier molecular flexibility index (Phi) is 7.29. The molecule has 0 fully saturated rings. The van der Waals surface area contributed by atoms with Gasteiger partial charge in [-0.25, -0.2) is 0 Å². The SMILES string of the molecule is CN(C)CCCNC(=O)c1ccnc(C(=O)Nc2ccc(C(C)(C)C)cc2)c1. The number of benzene rings is 1. The highest BCUT2D eigenvalue weighted by Gasteiger charge is 2.15. The van der Waals surface area contributed by atoms with Crippen LogP contribution in [-0.4, -0.2) is 48.9 Å². The molecule has 0 aliphatic heterocycles. The first-order valence-electron chi connectivity index (χ1n) is 9.47. The van der Waals surface area contributed by atoms with Gasteiger partial charge < -0.3 is 15.5 Å². The zero-order valence-corrected chi connectivity index (χ0v) is 17.4. The lowest BCUT2D eigenvalue weighted by molar-refractivity contribution is 0.0952. The van der Waals surface area contributed by atoms with Gasteiger partial charge in [-0.05, 0) is 62.3 Å². The Morgan fingerprint density at radius 3 is 2.32 bits per heavy atom. The average molecular weight is 383 g/mol. The topological polar surface area (TPSA) is 74.3 Å². The van der Waals surface area contributed by atoms with Crippen molar-refractivity contribution in [2.24, 2.45) is 0 Å². The van der Waals surface area contributed by atoms with Crippen LogP contribution in [0.2, 0.25) is 0 Å². The number of aromatic nitrogens is 1. The van der Waals surface area contributed by atoms with E-state index in [1.165, 1.54) is 17.8 Å². The van der Waals surface area contributed by atoms with Crippen LogP contribution in [0.1, 0.15) is 53.6 Å². The molecule has 0 aliphatic carbocycles. The van der Waals surface area contributed by atoms with Crippen LogP contribution < -0.4 is 10.6 Å². The molecule has 0 unspecified atom stereocenters. The molecule has 0 atom stereocenters. The maximum absolute atomic E-state index is 12.5. The van der Waals surface area contributed by atoms with Crippen LogP contribution in [-0.2, 0) is 5.41 Å². The van der Waals surface area contributed by atoms with E-state index >= 15 is 0 Å². The summed E-state index contributed by atoms with van der Waals surface area (Å²) in [5.41, 5.74) is 2.57. The Hall–Kier alpha value is -2.73. The molecular formula is C22H30N4O2. The van der Waals surface area contributed by atoms with Crippen LogP contribution in [0.25, 0.3) is 0 Å². The summed E-state index contributed by atoms with van der Waals surface area (Å²) in [7, 11) is 3.98. The van der Waals surface area contributed by atoms with Crippen LogP contribution in [0, 0.1) is 0 Å². The highest BCUT2D eigenvalue weighted by molar-refractivity contribution is 6.04. The third-order valence-corrected chi connectivity index (χ3v) is 4.33. The number of nitrogens with one attached hydrogen (secondary N) is 2. The predicted molar refractivity (Wildman–Crippen MR) is 113 cm³/mol. The van der Waals surface area contributed by atoms with Gasteiger partial charge in [0.15, 0.2) is 0 Å². The van der Waals surface area contributed by atoms with Gasteiger partial charge in [-0.1, -0.05) is 32.9 Å². The standard InChI is InChI=1S/C22H30N4O2/c1-22(2,3)17-7-9-18(10-8-17)25-21(28)19-15-16(11-13-23-19)20(27)24-12-6-14-26(4)5/h7-11,13,15H,6,12,14H2,1-5H3,(H,24,27)(H,25,28). The summed E-state index contributed by atoms with van der Waals surface area (Å²) in [6.45, 7) is 7.91. The molecule has 0 saturated carbocycles. The van der Waals surface area contributed by atoms with Crippen molar-refractivity contribution in [1.82, 2.24) is 15.2 Å². The van der Waals surface area contributed by atoms with E-state index in [9.17, 15) is 9.59 Å². The molecule has 1 aromatic carbocycles. The molecule has 28 heavy (non-hydrogen) atoms. The summed E-state index contributed by atoms with van der Waals surface area (Å²) in [4.78, 5) is 30.9. The van der Waals surface area contributed by atoms with Crippen molar-refractivity contribution in [1.29, 1.82) is 0 Å². The van der Waals surface area contributed by atoms with E-state index in [1.54, 1.807) is 6.07 Å². The molecule has 6 nitrogen and oxygen atoms in total. The second-order valence-corrected chi connectivity index (χ2v) is 8.12. The Bertz CT molecular complexity index is 808. The summed E-state index contributed by atoms with van der Waals surface area (Å²) in [6.07, 6.45) is 2.34. The largest absolute Gasteiger partial charge is 0.352 e. The highest BCUT2D eigenvalue weighted by Crippen LogP contribution is 2.23. The van der Waals surface area contributed by atoms with Crippen molar-refractivity contribution >= 4 is 17.5 Å². The van der Waals surface area contributed by atoms with Gasteiger partial charge in [0, 0.05) is 24.0 Å². The molecule has 0 aliphatic rings. The fraction of sp³-hybridized carbons (Fsp3) is 0.409. The number of rotatable bonds is 7. The molecule has 2 N–H and O–H groups in total. The van der Waals surface area contributed by atoms with Gasteiger partial charge in [-0.2, -0.15) is 0 Å². The van der Waals surface area contributed by atoms with Gasteiger partial charge in [0.1, 0.15) is 5.69 Å². The third-order valence-electron chi connectivity index (χ3n) is 4.33. The molecule has 0 radical (unpaired) electrons. The minimum atomic E-state index is -0.342. The lowest BCUT2D eigenvalue weighted by Crippen LogP contribution is -2.27. The van der Waals surface area contributed by atoms with Crippen LogP contribution in [0.5, 0.6) is 0 Å². The van der Waals surface area contributed by atoms with Gasteiger partial charge in [0.25, 0.3) is 11.8 Å². The number of amides is 2. The molecule has 0 saturated heterocycles.